The minimum Gasteiger partial charge on any atom is -0.508 e. The summed E-state index contributed by atoms with van der Waals surface area (Å²) in [5.41, 5.74) is 3.35. The fraction of sp³-hybridized carbons (Fsp3) is 0.276. The number of ether oxygens (including phenoxy) is 1. The van der Waals surface area contributed by atoms with E-state index in [1.807, 2.05) is 30.3 Å². The van der Waals surface area contributed by atoms with E-state index in [1.165, 1.54) is 25.7 Å². The molecule has 0 aliphatic carbocycles. The van der Waals surface area contributed by atoms with Crippen molar-refractivity contribution in [2.24, 2.45) is 0 Å². The number of phenols is 2. The number of unbranched alkanes of at least 4 members (excludes halogenated alkanes) is 5. The summed E-state index contributed by atoms with van der Waals surface area (Å²) in [4.78, 5) is 12.6. The lowest BCUT2D eigenvalue weighted by molar-refractivity contribution is 0.112. The van der Waals surface area contributed by atoms with E-state index in [2.05, 4.69) is 6.92 Å². The van der Waals surface area contributed by atoms with Gasteiger partial charge in [0.25, 0.3) is 0 Å². The minimum absolute atomic E-state index is 0.204. The molecule has 4 nitrogen and oxygen atoms in total. The van der Waals surface area contributed by atoms with Crippen LogP contribution >= 0.6 is 11.3 Å². The second kappa shape index (κ2) is 11.2. The van der Waals surface area contributed by atoms with Gasteiger partial charge in [0.05, 0.1) is 6.61 Å². The summed E-state index contributed by atoms with van der Waals surface area (Å²) in [6.07, 6.45) is 7.97. The van der Waals surface area contributed by atoms with E-state index in [9.17, 15) is 15.0 Å². The van der Waals surface area contributed by atoms with Gasteiger partial charge in [0.15, 0.2) is 0 Å². The Labute approximate surface area is 204 Å². The third-order valence-corrected chi connectivity index (χ3v) is 7.17. The molecule has 0 saturated carbocycles. The first-order chi connectivity index (χ1) is 16.6. The molecule has 0 aliphatic heterocycles. The van der Waals surface area contributed by atoms with E-state index in [4.69, 9.17) is 4.74 Å². The Hall–Kier alpha value is -3.31. The number of aldehydes is 1. The molecule has 1 heterocycles. The molecule has 0 fully saturated rings. The van der Waals surface area contributed by atoms with Crippen LogP contribution in [0.25, 0.3) is 31.7 Å². The molecule has 0 radical (unpaired) electrons. The molecule has 0 amide bonds. The van der Waals surface area contributed by atoms with Crippen molar-refractivity contribution in [2.45, 2.75) is 45.4 Å². The molecule has 0 atom stereocenters. The lowest BCUT2D eigenvalue weighted by Gasteiger charge is -2.14. The van der Waals surface area contributed by atoms with Crippen LogP contribution in [-0.2, 0) is 0 Å². The molecule has 4 aromatic rings. The van der Waals surface area contributed by atoms with Crippen LogP contribution in [0.3, 0.4) is 0 Å². The van der Waals surface area contributed by atoms with Crippen LogP contribution in [0.4, 0.5) is 0 Å². The molecule has 5 heteroatoms. The summed E-state index contributed by atoms with van der Waals surface area (Å²) >= 11 is 1.57. The van der Waals surface area contributed by atoms with E-state index in [-0.39, 0.29) is 11.5 Å². The van der Waals surface area contributed by atoms with Gasteiger partial charge < -0.3 is 14.9 Å². The van der Waals surface area contributed by atoms with Crippen LogP contribution in [0.15, 0.2) is 60.7 Å². The van der Waals surface area contributed by atoms with Crippen molar-refractivity contribution in [1.82, 2.24) is 0 Å². The van der Waals surface area contributed by atoms with Crippen LogP contribution in [0.5, 0.6) is 17.2 Å². The van der Waals surface area contributed by atoms with E-state index in [0.717, 1.165) is 56.5 Å². The molecule has 1 aromatic heterocycles. The van der Waals surface area contributed by atoms with Crippen LogP contribution < -0.4 is 4.74 Å². The predicted octanol–water partition coefficient (Wildman–Crippen LogP) is 8.20. The van der Waals surface area contributed by atoms with Gasteiger partial charge >= 0.3 is 0 Å². The maximum atomic E-state index is 11.6. The molecule has 34 heavy (non-hydrogen) atoms. The molecule has 176 valence electrons. The average Bonchev–Trinajstić information content (AvgIpc) is 3.22. The monoisotopic (exact) mass is 474 g/mol. The van der Waals surface area contributed by atoms with Gasteiger partial charge in [-0.15, -0.1) is 11.3 Å². The Morgan fingerprint density at radius 2 is 1.59 bits per heavy atom. The van der Waals surface area contributed by atoms with Crippen LogP contribution in [-0.4, -0.2) is 23.1 Å². The molecule has 2 N–H and O–H groups in total. The topological polar surface area (TPSA) is 66.8 Å². The second-order valence-corrected chi connectivity index (χ2v) is 9.58. The van der Waals surface area contributed by atoms with E-state index in [1.54, 1.807) is 41.7 Å². The summed E-state index contributed by atoms with van der Waals surface area (Å²) in [7, 11) is 0. The van der Waals surface area contributed by atoms with Crippen molar-refractivity contribution in [2.75, 3.05) is 6.61 Å². The van der Waals surface area contributed by atoms with Gasteiger partial charge in [-0.3, -0.25) is 4.79 Å². The fourth-order valence-corrected chi connectivity index (χ4v) is 5.43. The predicted molar refractivity (Wildman–Crippen MR) is 140 cm³/mol. The van der Waals surface area contributed by atoms with Gasteiger partial charge in [-0.25, -0.2) is 0 Å². The number of carbonyl (C=O) groups excluding carboxylic acids is 1. The molecule has 0 aliphatic rings. The van der Waals surface area contributed by atoms with Gasteiger partial charge in [0.1, 0.15) is 23.5 Å². The second-order valence-electron chi connectivity index (χ2n) is 8.52. The fourth-order valence-electron chi connectivity index (χ4n) is 4.18. The van der Waals surface area contributed by atoms with E-state index >= 15 is 0 Å². The quantitative estimate of drug-likeness (QED) is 0.170. The summed E-state index contributed by atoms with van der Waals surface area (Å²) in [5, 5.41) is 20.8. The number of fused-ring (bicyclic) bond motifs is 1. The van der Waals surface area contributed by atoms with Gasteiger partial charge in [0, 0.05) is 31.7 Å². The van der Waals surface area contributed by atoms with Gasteiger partial charge in [-0.1, -0.05) is 39.0 Å². The van der Waals surface area contributed by atoms with Crippen molar-refractivity contribution in [3.05, 3.63) is 66.2 Å². The number of phenolic OH excluding ortho intramolecular Hbond substituents is 2. The SMILES string of the molecule is CCCCCCCCOc1ccc(C=O)cc1-c1c(-c2ccc(O)cc2)sc2cc(O)ccc12. The first kappa shape index (κ1) is 23.8. The Kier molecular flexibility index (Phi) is 7.86. The Morgan fingerprint density at radius 3 is 2.35 bits per heavy atom. The molecular formula is C29H30O4S. The number of benzene rings is 3. The first-order valence-electron chi connectivity index (χ1n) is 11.9. The number of hydrogen-bond acceptors (Lipinski definition) is 5. The highest BCUT2D eigenvalue weighted by Gasteiger charge is 2.20. The molecule has 0 bridgehead atoms. The van der Waals surface area contributed by atoms with Crippen LogP contribution in [0.2, 0.25) is 0 Å². The zero-order valence-electron chi connectivity index (χ0n) is 19.4. The van der Waals surface area contributed by atoms with Gasteiger partial charge in [-0.05, 0) is 72.6 Å². The number of carbonyl (C=O) groups is 1. The third kappa shape index (κ3) is 5.42. The highest BCUT2D eigenvalue weighted by molar-refractivity contribution is 7.23. The van der Waals surface area contributed by atoms with Crippen LogP contribution in [0.1, 0.15) is 55.8 Å². The maximum absolute atomic E-state index is 11.6. The minimum atomic E-state index is 0.204. The zero-order valence-corrected chi connectivity index (χ0v) is 20.2. The van der Waals surface area contributed by atoms with Crippen molar-refractivity contribution >= 4 is 27.7 Å². The number of rotatable bonds is 11. The highest BCUT2D eigenvalue weighted by atomic mass is 32.1. The maximum Gasteiger partial charge on any atom is 0.150 e. The molecule has 0 unspecified atom stereocenters. The van der Waals surface area contributed by atoms with Crippen LogP contribution in [0, 0.1) is 0 Å². The molecule has 0 spiro atoms. The summed E-state index contributed by atoms with van der Waals surface area (Å²) < 4.78 is 7.19. The Balaban J connectivity index is 1.74. The molecule has 3 aromatic carbocycles. The summed E-state index contributed by atoms with van der Waals surface area (Å²) in [6, 6.07) is 18.0. The Bertz CT molecular complexity index is 1260. The average molecular weight is 475 g/mol. The van der Waals surface area contributed by atoms with Crippen molar-refractivity contribution in [1.29, 1.82) is 0 Å². The lowest BCUT2D eigenvalue weighted by atomic mass is 9.96. The Morgan fingerprint density at radius 1 is 0.853 bits per heavy atom. The van der Waals surface area contributed by atoms with E-state index < -0.39 is 0 Å². The largest absolute Gasteiger partial charge is 0.508 e. The number of aromatic hydroxyl groups is 2. The molecule has 4 rings (SSSR count). The van der Waals surface area contributed by atoms with Crippen molar-refractivity contribution in [3.8, 4) is 38.8 Å². The molecule has 0 saturated heterocycles. The first-order valence-corrected chi connectivity index (χ1v) is 12.7. The summed E-state index contributed by atoms with van der Waals surface area (Å²) in [5.74, 6) is 1.15. The third-order valence-electron chi connectivity index (χ3n) is 5.97. The number of thiophene rings is 1. The summed E-state index contributed by atoms with van der Waals surface area (Å²) in [6.45, 7) is 2.84. The van der Waals surface area contributed by atoms with Crippen molar-refractivity contribution in [3.63, 3.8) is 0 Å². The van der Waals surface area contributed by atoms with E-state index in [0.29, 0.717) is 12.2 Å². The normalized spacial score (nSPS) is 11.1. The molecular weight excluding hydrogens is 444 g/mol. The lowest BCUT2D eigenvalue weighted by Crippen LogP contribution is -2.00. The number of hydrogen-bond donors (Lipinski definition) is 2. The zero-order chi connectivity index (χ0) is 23.9. The van der Waals surface area contributed by atoms with Gasteiger partial charge in [-0.2, -0.15) is 0 Å². The van der Waals surface area contributed by atoms with Gasteiger partial charge in [0.2, 0.25) is 0 Å². The van der Waals surface area contributed by atoms with Crippen molar-refractivity contribution < 1.29 is 19.7 Å². The standard InChI is InChI=1S/C29H30O4S/c1-2-3-4-5-6-7-16-33-26-15-8-20(19-30)17-25(26)28-24-14-13-23(32)18-27(24)34-29(28)21-9-11-22(31)12-10-21/h8-15,17-19,31-32H,2-7,16H2,1H3. The highest BCUT2D eigenvalue weighted by Crippen LogP contribution is 2.48. The smallest absolute Gasteiger partial charge is 0.150 e.